The van der Waals surface area contributed by atoms with Crippen molar-refractivity contribution in [3.8, 4) is 11.5 Å². The average Bonchev–Trinajstić information content (AvgIpc) is 2.52. The zero-order valence-electron chi connectivity index (χ0n) is 13.3. The normalized spacial score (nSPS) is 15.0. The van der Waals surface area contributed by atoms with Gasteiger partial charge in [0.2, 0.25) is 0 Å². The van der Waals surface area contributed by atoms with Crippen LogP contribution in [0.4, 0.5) is 0 Å². The van der Waals surface area contributed by atoms with Gasteiger partial charge in [-0.1, -0.05) is 6.92 Å². The number of hydrogen-bond acceptors (Lipinski definition) is 5. The summed E-state index contributed by atoms with van der Waals surface area (Å²) < 4.78 is 16.1. The molecule has 22 heavy (non-hydrogen) atoms. The van der Waals surface area contributed by atoms with Gasteiger partial charge in [-0.3, -0.25) is 4.79 Å². The molecule has 0 fully saturated rings. The van der Waals surface area contributed by atoms with Crippen LogP contribution in [0.2, 0.25) is 0 Å². The number of fused-ring (bicyclic) bond motifs is 1. The number of hydrogen-bond donors (Lipinski definition) is 0. The first-order valence-corrected chi connectivity index (χ1v) is 7.68. The molecule has 0 radical (unpaired) electrons. The lowest BCUT2D eigenvalue weighted by Crippen LogP contribution is -2.29. The smallest absolute Gasteiger partial charge is 0.347 e. The van der Waals surface area contributed by atoms with Gasteiger partial charge in [0.05, 0.1) is 19.3 Å². The van der Waals surface area contributed by atoms with Gasteiger partial charge in [0.15, 0.2) is 11.9 Å². The molecular formula is C17H22O5. The van der Waals surface area contributed by atoms with Crippen LogP contribution >= 0.6 is 0 Å². The van der Waals surface area contributed by atoms with Crippen LogP contribution in [0.3, 0.4) is 0 Å². The molecule has 0 N–H and O–H groups in total. The number of methoxy groups -OCH3 is 1. The maximum atomic E-state index is 12.3. The summed E-state index contributed by atoms with van der Waals surface area (Å²) in [5.41, 5.74) is 1.42. The molecule has 0 aromatic heterocycles. The molecule has 0 saturated carbocycles. The van der Waals surface area contributed by atoms with Crippen LogP contribution in [0, 0.1) is 0 Å². The van der Waals surface area contributed by atoms with Crippen molar-refractivity contribution in [1.82, 2.24) is 0 Å². The van der Waals surface area contributed by atoms with Gasteiger partial charge in [-0.2, -0.15) is 0 Å². The Labute approximate surface area is 130 Å². The Kier molecular flexibility index (Phi) is 5.41. The molecule has 0 spiro atoms. The van der Waals surface area contributed by atoms with Crippen LogP contribution in [0.25, 0.3) is 0 Å². The quantitative estimate of drug-likeness (QED) is 0.756. The van der Waals surface area contributed by atoms with Crippen LogP contribution in [-0.2, 0) is 16.0 Å². The topological polar surface area (TPSA) is 61.8 Å². The lowest BCUT2D eigenvalue weighted by Gasteiger charge is -2.23. The third-order valence-corrected chi connectivity index (χ3v) is 3.75. The van der Waals surface area contributed by atoms with E-state index in [4.69, 9.17) is 14.2 Å². The minimum atomic E-state index is -0.702. The Morgan fingerprint density at radius 1 is 1.23 bits per heavy atom. The Morgan fingerprint density at radius 2 is 1.95 bits per heavy atom. The van der Waals surface area contributed by atoms with Crippen molar-refractivity contribution in [2.24, 2.45) is 0 Å². The van der Waals surface area contributed by atoms with Crippen molar-refractivity contribution < 1.29 is 23.8 Å². The van der Waals surface area contributed by atoms with Crippen LogP contribution in [0.1, 0.15) is 49.0 Å². The van der Waals surface area contributed by atoms with E-state index in [1.54, 1.807) is 26.2 Å². The summed E-state index contributed by atoms with van der Waals surface area (Å²) in [5.74, 6) is 0.770. The molecule has 0 heterocycles. The molecule has 2 rings (SSSR count). The lowest BCUT2D eigenvalue weighted by atomic mass is 9.89. The number of carbonyl (C=O) groups excluding carboxylic acids is 2. The van der Waals surface area contributed by atoms with Gasteiger partial charge in [-0.15, -0.1) is 0 Å². The number of ether oxygens (including phenoxy) is 3. The van der Waals surface area contributed by atoms with Crippen LogP contribution in [0.5, 0.6) is 11.5 Å². The summed E-state index contributed by atoms with van der Waals surface area (Å²) in [4.78, 5) is 24.2. The van der Waals surface area contributed by atoms with Crippen molar-refractivity contribution in [2.45, 2.75) is 45.6 Å². The molecule has 1 aromatic rings. The fourth-order valence-electron chi connectivity index (χ4n) is 2.69. The standard InChI is InChI=1S/C17H22O5/c1-4-13(17(19)21-5-2)22-15-10-9-14(20-3)11-7-6-8-12(18)16(11)15/h9-10,13H,4-8H2,1-3H3. The zero-order valence-corrected chi connectivity index (χ0v) is 13.3. The molecule has 5 heteroatoms. The Bertz CT molecular complexity index is 564. The third-order valence-electron chi connectivity index (χ3n) is 3.75. The average molecular weight is 306 g/mol. The summed E-state index contributed by atoms with van der Waals surface area (Å²) >= 11 is 0. The van der Waals surface area contributed by atoms with Gasteiger partial charge in [0.25, 0.3) is 0 Å². The van der Waals surface area contributed by atoms with Crippen molar-refractivity contribution in [3.05, 3.63) is 23.3 Å². The molecule has 120 valence electrons. The van der Waals surface area contributed by atoms with Gasteiger partial charge < -0.3 is 14.2 Å². The molecule has 1 atom stereocenters. The summed E-state index contributed by atoms with van der Waals surface area (Å²) in [5, 5.41) is 0. The van der Waals surface area contributed by atoms with Gasteiger partial charge >= 0.3 is 5.97 Å². The highest BCUT2D eigenvalue weighted by atomic mass is 16.6. The van der Waals surface area contributed by atoms with E-state index in [-0.39, 0.29) is 5.78 Å². The highest BCUT2D eigenvalue weighted by Crippen LogP contribution is 2.36. The second-order valence-electron chi connectivity index (χ2n) is 5.16. The Hall–Kier alpha value is -2.04. The van der Waals surface area contributed by atoms with E-state index < -0.39 is 12.1 Å². The van der Waals surface area contributed by atoms with Crippen molar-refractivity contribution in [3.63, 3.8) is 0 Å². The maximum absolute atomic E-state index is 12.3. The van der Waals surface area contributed by atoms with E-state index in [0.29, 0.717) is 36.5 Å². The van der Waals surface area contributed by atoms with Gasteiger partial charge in [-0.05, 0) is 38.3 Å². The first-order valence-electron chi connectivity index (χ1n) is 7.68. The molecule has 0 aliphatic heterocycles. The lowest BCUT2D eigenvalue weighted by molar-refractivity contribution is -0.151. The third kappa shape index (κ3) is 3.24. The SMILES string of the molecule is CCOC(=O)C(CC)Oc1ccc(OC)c2c1C(=O)CCC2. The van der Waals surface area contributed by atoms with Crippen LogP contribution in [0.15, 0.2) is 12.1 Å². The van der Waals surface area contributed by atoms with Crippen LogP contribution < -0.4 is 9.47 Å². The number of Topliss-reactive ketones (excluding diaryl/α,β-unsaturated/α-hetero) is 1. The molecule has 5 nitrogen and oxygen atoms in total. The number of benzene rings is 1. The number of rotatable bonds is 6. The Balaban J connectivity index is 2.35. The second kappa shape index (κ2) is 7.29. The van der Waals surface area contributed by atoms with E-state index in [2.05, 4.69) is 0 Å². The predicted octanol–water partition coefficient (Wildman–Crippen LogP) is 2.93. The first-order chi connectivity index (χ1) is 10.6. The van der Waals surface area contributed by atoms with Crippen molar-refractivity contribution >= 4 is 11.8 Å². The van der Waals surface area contributed by atoms with Crippen LogP contribution in [-0.4, -0.2) is 31.6 Å². The highest BCUT2D eigenvalue weighted by molar-refractivity contribution is 6.01. The summed E-state index contributed by atoms with van der Waals surface area (Å²) in [6, 6.07) is 3.48. The fraction of sp³-hybridized carbons (Fsp3) is 0.529. The van der Waals surface area contributed by atoms with E-state index in [1.807, 2.05) is 6.92 Å². The summed E-state index contributed by atoms with van der Waals surface area (Å²) in [6.45, 7) is 3.90. The molecule has 0 bridgehead atoms. The molecule has 0 amide bonds. The number of ketones is 1. The predicted molar refractivity (Wildman–Crippen MR) is 81.6 cm³/mol. The largest absolute Gasteiger partial charge is 0.496 e. The molecule has 1 aromatic carbocycles. The molecule has 0 saturated heterocycles. The van der Waals surface area contributed by atoms with Crippen molar-refractivity contribution in [1.29, 1.82) is 0 Å². The second-order valence-corrected chi connectivity index (χ2v) is 5.16. The molecule has 1 aliphatic carbocycles. The summed E-state index contributed by atoms with van der Waals surface area (Å²) in [6.07, 6.45) is 1.85. The maximum Gasteiger partial charge on any atom is 0.347 e. The van der Waals surface area contributed by atoms with Gasteiger partial charge in [0, 0.05) is 12.0 Å². The van der Waals surface area contributed by atoms with Gasteiger partial charge in [-0.25, -0.2) is 4.79 Å². The zero-order chi connectivity index (χ0) is 16.1. The van der Waals surface area contributed by atoms with E-state index >= 15 is 0 Å². The monoisotopic (exact) mass is 306 g/mol. The first kappa shape index (κ1) is 16.3. The summed E-state index contributed by atoms with van der Waals surface area (Å²) in [7, 11) is 1.59. The van der Waals surface area contributed by atoms with E-state index in [0.717, 1.165) is 18.4 Å². The number of esters is 1. The van der Waals surface area contributed by atoms with E-state index in [9.17, 15) is 9.59 Å². The van der Waals surface area contributed by atoms with Crippen molar-refractivity contribution in [2.75, 3.05) is 13.7 Å². The fourth-order valence-corrected chi connectivity index (χ4v) is 2.69. The van der Waals surface area contributed by atoms with E-state index in [1.165, 1.54) is 0 Å². The molecule has 1 unspecified atom stereocenters. The Morgan fingerprint density at radius 3 is 2.59 bits per heavy atom. The molecular weight excluding hydrogens is 284 g/mol. The minimum absolute atomic E-state index is 0.0360. The molecule has 1 aliphatic rings. The van der Waals surface area contributed by atoms with Gasteiger partial charge in [0.1, 0.15) is 11.5 Å². The highest BCUT2D eigenvalue weighted by Gasteiger charge is 2.28. The number of carbonyl (C=O) groups is 2. The minimum Gasteiger partial charge on any atom is -0.496 e.